The lowest BCUT2D eigenvalue weighted by molar-refractivity contribution is -0.127. The molecule has 1 heterocycles. The molecule has 1 atom stereocenters. The summed E-state index contributed by atoms with van der Waals surface area (Å²) in [5.41, 5.74) is -0.301. The lowest BCUT2D eigenvalue weighted by Crippen LogP contribution is -2.46. The highest BCUT2D eigenvalue weighted by molar-refractivity contribution is 14.0. The van der Waals surface area contributed by atoms with Crippen molar-refractivity contribution in [3.8, 4) is 0 Å². The number of rotatable bonds is 7. The van der Waals surface area contributed by atoms with Crippen LogP contribution in [0.2, 0.25) is 0 Å². The molecule has 1 fully saturated rings. The summed E-state index contributed by atoms with van der Waals surface area (Å²) in [7, 11) is 5.13. The van der Waals surface area contributed by atoms with E-state index in [1.54, 1.807) is 21.2 Å². The SMILES string of the molecule is COC(C)(C)CNC(=NCC(=O)N(C)C)NCC1CCOC1.I. The van der Waals surface area contributed by atoms with Crippen LogP contribution in [0.3, 0.4) is 0 Å². The minimum atomic E-state index is -0.301. The number of amides is 1. The number of nitrogens with one attached hydrogen (secondary N) is 2. The topological polar surface area (TPSA) is 75.2 Å². The Morgan fingerprint density at radius 3 is 2.61 bits per heavy atom. The van der Waals surface area contributed by atoms with Crippen molar-refractivity contribution in [1.82, 2.24) is 15.5 Å². The van der Waals surface area contributed by atoms with Gasteiger partial charge in [-0.2, -0.15) is 0 Å². The van der Waals surface area contributed by atoms with Gasteiger partial charge in [-0.25, -0.2) is 4.99 Å². The molecule has 136 valence electrons. The fourth-order valence-corrected chi connectivity index (χ4v) is 1.82. The van der Waals surface area contributed by atoms with E-state index in [1.807, 2.05) is 13.8 Å². The number of carbonyl (C=O) groups is 1. The van der Waals surface area contributed by atoms with E-state index >= 15 is 0 Å². The van der Waals surface area contributed by atoms with Gasteiger partial charge in [-0.05, 0) is 20.3 Å². The molecular formula is C15H31IN4O3. The second-order valence-electron chi connectivity index (χ2n) is 6.38. The van der Waals surface area contributed by atoms with E-state index in [0.29, 0.717) is 18.4 Å². The molecule has 1 saturated heterocycles. The molecule has 2 N–H and O–H groups in total. The van der Waals surface area contributed by atoms with Gasteiger partial charge in [0.2, 0.25) is 5.91 Å². The molecule has 0 aromatic rings. The van der Waals surface area contributed by atoms with Crippen molar-refractivity contribution in [1.29, 1.82) is 0 Å². The second kappa shape index (κ2) is 11.0. The van der Waals surface area contributed by atoms with E-state index in [0.717, 1.165) is 26.2 Å². The predicted molar refractivity (Wildman–Crippen MR) is 102 cm³/mol. The summed E-state index contributed by atoms with van der Waals surface area (Å²) >= 11 is 0. The van der Waals surface area contributed by atoms with Crippen molar-refractivity contribution in [2.24, 2.45) is 10.9 Å². The summed E-state index contributed by atoms with van der Waals surface area (Å²) in [6, 6.07) is 0. The van der Waals surface area contributed by atoms with Gasteiger partial charge < -0.3 is 25.0 Å². The number of methoxy groups -OCH3 is 1. The molecule has 7 nitrogen and oxygen atoms in total. The van der Waals surface area contributed by atoms with Gasteiger partial charge in [-0.3, -0.25) is 4.79 Å². The molecule has 0 bridgehead atoms. The van der Waals surface area contributed by atoms with Crippen molar-refractivity contribution in [3.63, 3.8) is 0 Å². The van der Waals surface area contributed by atoms with E-state index in [2.05, 4.69) is 15.6 Å². The molecule has 0 radical (unpaired) electrons. The molecule has 0 aromatic heterocycles. The van der Waals surface area contributed by atoms with Gasteiger partial charge in [-0.15, -0.1) is 24.0 Å². The fourth-order valence-electron chi connectivity index (χ4n) is 1.82. The Bertz CT molecular complexity index is 383. The summed E-state index contributed by atoms with van der Waals surface area (Å²) in [5.74, 6) is 1.09. The van der Waals surface area contributed by atoms with Crippen LogP contribution in [0.4, 0.5) is 0 Å². The molecule has 1 rings (SSSR count). The van der Waals surface area contributed by atoms with Crippen LogP contribution in [0.25, 0.3) is 0 Å². The van der Waals surface area contributed by atoms with Gasteiger partial charge in [0.1, 0.15) is 6.54 Å². The van der Waals surface area contributed by atoms with E-state index in [-0.39, 0.29) is 42.0 Å². The molecule has 1 aliphatic heterocycles. The zero-order valence-corrected chi connectivity index (χ0v) is 17.2. The minimum Gasteiger partial charge on any atom is -0.381 e. The Morgan fingerprint density at radius 1 is 1.39 bits per heavy atom. The maximum Gasteiger partial charge on any atom is 0.243 e. The van der Waals surface area contributed by atoms with E-state index < -0.39 is 0 Å². The number of ether oxygens (including phenoxy) is 2. The highest BCUT2D eigenvalue weighted by Gasteiger charge is 2.19. The lowest BCUT2D eigenvalue weighted by atomic mass is 10.1. The standard InChI is InChI=1S/C15H30N4O3.HI/c1-15(2,21-5)11-18-14(17-9-13(20)19(3)4)16-8-12-6-7-22-10-12;/h12H,6-11H2,1-5H3,(H2,16,17,18);1H. The Labute approximate surface area is 156 Å². The highest BCUT2D eigenvalue weighted by Crippen LogP contribution is 2.10. The van der Waals surface area contributed by atoms with Gasteiger partial charge >= 0.3 is 0 Å². The summed E-state index contributed by atoms with van der Waals surface area (Å²) in [4.78, 5) is 17.6. The summed E-state index contributed by atoms with van der Waals surface area (Å²) in [6.45, 7) is 7.10. The first kappa shape index (κ1) is 22.4. The van der Waals surface area contributed by atoms with Gasteiger partial charge in [0.05, 0.1) is 12.2 Å². The minimum absolute atomic E-state index is 0. The van der Waals surface area contributed by atoms with Crippen LogP contribution in [-0.2, 0) is 14.3 Å². The third-order valence-corrected chi connectivity index (χ3v) is 3.69. The number of carbonyl (C=O) groups excluding carboxylic acids is 1. The van der Waals surface area contributed by atoms with Gasteiger partial charge in [0.15, 0.2) is 5.96 Å². The summed E-state index contributed by atoms with van der Waals surface area (Å²) in [5, 5.41) is 6.52. The largest absolute Gasteiger partial charge is 0.381 e. The molecule has 8 heteroatoms. The molecule has 0 spiro atoms. The molecule has 0 aliphatic carbocycles. The van der Waals surface area contributed by atoms with Crippen LogP contribution in [0, 0.1) is 5.92 Å². The van der Waals surface area contributed by atoms with Gasteiger partial charge in [-0.1, -0.05) is 0 Å². The van der Waals surface area contributed by atoms with E-state index in [1.165, 1.54) is 4.90 Å². The number of hydrogen-bond donors (Lipinski definition) is 2. The Morgan fingerprint density at radius 2 is 2.09 bits per heavy atom. The number of hydrogen-bond acceptors (Lipinski definition) is 4. The molecule has 0 saturated carbocycles. The molecule has 1 unspecified atom stereocenters. The third kappa shape index (κ3) is 9.31. The fraction of sp³-hybridized carbons (Fsp3) is 0.867. The van der Waals surface area contributed by atoms with Gasteiger partial charge in [0, 0.05) is 46.8 Å². The third-order valence-electron chi connectivity index (χ3n) is 3.69. The lowest BCUT2D eigenvalue weighted by Gasteiger charge is -2.25. The van der Waals surface area contributed by atoms with Crippen LogP contribution in [0.15, 0.2) is 4.99 Å². The van der Waals surface area contributed by atoms with Gasteiger partial charge in [0.25, 0.3) is 0 Å². The van der Waals surface area contributed by atoms with Crippen molar-refractivity contribution in [3.05, 3.63) is 0 Å². The predicted octanol–water partition coefficient (Wildman–Crippen LogP) is 0.689. The van der Waals surface area contributed by atoms with Crippen molar-refractivity contribution >= 4 is 35.8 Å². The normalized spacial score (nSPS) is 18.3. The molecule has 0 aromatic carbocycles. The average molecular weight is 442 g/mol. The second-order valence-corrected chi connectivity index (χ2v) is 6.38. The van der Waals surface area contributed by atoms with E-state index in [4.69, 9.17) is 9.47 Å². The number of likely N-dealkylation sites (N-methyl/N-ethyl adjacent to an activating group) is 1. The number of guanidine groups is 1. The molecule has 23 heavy (non-hydrogen) atoms. The average Bonchev–Trinajstić information content (AvgIpc) is 2.99. The number of aliphatic imine (C=N–C) groups is 1. The Balaban J connectivity index is 0.00000484. The van der Waals surface area contributed by atoms with E-state index in [9.17, 15) is 4.79 Å². The van der Waals surface area contributed by atoms with Crippen LogP contribution >= 0.6 is 24.0 Å². The maximum absolute atomic E-state index is 11.7. The van der Waals surface area contributed by atoms with Crippen molar-refractivity contribution in [2.75, 3.05) is 54.1 Å². The Kier molecular flexibility index (Phi) is 10.7. The number of halogens is 1. The molecule has 1 aliphatic rings. The summed E-state index contributed by atoms with van der Waals surface area (Å²) in [6.07, 6.45) is 1.06. The van der Waals surface area contributed by atoms with Crippen molar-refractivity contribution in [2.45, 2.75) is 25.9 Å². The smallest absolute Gasteiger partial charge is 0.243 e. The molecule has 1 amide bonds. The van der Waals surface area contributed by atoms with Crippen LogP contribution in [0.5, 0.6) is 0 Å². The first-order valence-corrected chi connectivity index (χ1v) is 7.69. The van der Waals surface area contributed by atoms with Crippen LogP contribution in [0.1, 0.15) is 20.3 Å². The zero-order valence-electron chi connectivity index (χ0n) is 14.8. The van der Waals surface area contributed by atoms with Crippen LogP contribution in [-0.4, -0.2) is 76.4 Å². The molecular weight excluding hydrogens is 411 g/mol. The number of nitrogens with zero attached hydrogens (tertiary/aromatic N) is 2. The summed E-state index contributed by atoms with van der Waals surface area (Å²) < 4.78 is 10.8. The van der Waals surface area contributed by atoms with Crippen LogP contribution < -0.4 is 10.6 Å². The first-order valence-electron chi connectivity index (χ1n) is 7.69. The Hall–Kier alpha value is -0.610. The zero-order chi connectivity index (χ0) is 16.6. The quantitative estimate of drug-likeness (QED) is 0.345. The monoisotopic (exact) mass is 442 g/mol. The first-order chi connectivity index (χ1) is 10.3. The highest BCUT2D eigenvalue weighted by atomic mass is 127. The maximum atomic E-state index is 11.7. The van der Waals surface area contributed by atoms with Crippen molar-refractivity contribution < 1.29 is 14.3 Å².